The highest BCUT2D eigenvalue weighted by atomic mass is 79.9. The lowest BCUT2D eigenvalue weighted by atomic mass is 10.1. The minimum absolute atomic E-state index is 0.132. The molecule has 0 radical (unpaired) electrons. The van der Waals surface area contributed by atoms with E-state index in [0.717, 1.165) is 5.57 Å². The summed E-state index contributed by atoms with van der Waals surface area (Å²) in [6.45, 7) is 6.68. The quantitative estimate of drug-likeness (QED) is 0.380. The molecule has 0 atom stereocenters. The number of hydrogen-bond donors (Lipinski definition) is 0. The van der Waals surface area contributed by atoms with Crippen molar-refractivity contribution in [1.82, 2.24) is 4.90 Å². The van der Waals surface area contributed by atoms with Gasteiger partial charge in [0.25, 0.3) is 0 Å². The van der Waals surface area contributed by atoms with Crippen LogP contribution in [0.15, 0.2) is 28.3 Å². The number of esters is 1. The average Bonchev–Trinajstić information content (AvgIpc) is 2.65. The maximum absolute atomic E-state index is 12.1. The Morgan fingerprint density at radius 1 is 1.29 bits per heavy atom. The second kappa shape index (κ2) is 9.23. The van der Waals surface area contributed by atoms with Gasteiger partial charge in [-0.05, 0) is 60.8 Å². The molecule has 0 spiro atoms. The number of methoxy groups -OCH3 is 1. The van der Waals surface area contributed by atoms with Crippen LogP contribution in [0.1, 0.15) is 47.9 Å². The van der Waals surface area contributed by atoms with Crippen molar-refractivity contribution in [2.75, 3.05) is 26.8 Å². The van der Waals surface area contributed by atoms with Gasteiger partial charge in [0, 0.05) is 13.1 Å². The first kappa shape index (κ1) is 21.9. The molecule has 1 aliphatic heterocycles. The Morgan fingerprint density at radius 2 is 2.00 bits per heavy atom. The Morgan fingerprint density at radius 3 is 2.54 bits per heavy atom. The molecule has 0 saturated carbocycles. The van der Waals surface area contributed by atoms with Gasteiger partial charge in [-0.3, -0.25) is 4.79 Å². The van der Waals surface area contributed by atoms with Crippen molar-refractivity contribution < 1.29 is 28.6 Å². The van der Waals surface area contributed by atoms with Gasteiger partial charge >= 0.3 is 12.1 Å². The predicted molar refractivity (Wildman–Crippen MR) is 107 cm³/mol. The third-order valence-corrected chi connectivity index (χ3v) is 4.65. The second-order valence-electron chi connectivity index (χ2n) is 7.27. The van der Waals surface area contributed by atoms with Gasteiger partial charge in [0.2, 0.25) is 0 Å². The number of amides is 1. The molecule has 1 aromatic rings. The Balaban J connectivity index is 2.06. The van der Waals surface area contributed by atoms with Gasteiger partial charge in [-0.25, -0.2) is 9.59 Å². The Bertz CT molecular complexity index is 797. The summed E-state index contributed by atoms with van der Waals surface area (Å²) in [6.07, 6.45) is 2.77. The average molecular weight is 454 g/mol. The molecular formula is C20H24BrNO6. The monoisotopic (exact) mass is 453 g/mol. The number of carbonyl (C=O) groups is 3. The second-order valence-corrected chi connectivity index (χ2v) is 8.13. The third-order valence-electron chi connectivity index (χ3n) is 4.03. The van der Waals surface area contributed by atoms with Gasteiger partial charge in [0.15, 0.2) is 6.29 Å². The minimum Gasteiger partial charge on any atom is -0.487 e. The van der Waals surface area contributed by atoms with Crippen LogP contribution in [0.25, 0.3) is 0 Å². The van der Waals surface area contributed by atoms with Crippen molar-refractivity contribution in [1.29, 1.82) is 0 Å². The number of halogens is 1. The lowest BCUT2D eigenvalue weighted by Gasteiger charge is -2.29. The first-order valence-corrected chi connectivity index (χ1v) is 9.60. The smallest absolute Gasteiger partial charge is 0.410 e. The molecule has 1 aromatic carbocycles. The predicted octanol–water partition coefficient (Wildman–Crippen LogP) is 3.99. The van der Waals surface area contributed by atoms with Gasteiger partial charge in [-0.2, -0.15) is 0 Å². The third kappa shape index (κ3) is 5.58. The maximum Gasteiger partial charge on any atom is 0.410 e. The van der Waals surface area contributed by atoms with E-state index < -0.39 is 11.6 Å². The number of rotatable bonds is 5. The van der Waals surface area contributed by atoms with Crippen LogP contribution in [0.2, 0.25) is 0 Å². The lowest BCUT2D eigenvalue weighted by molar-refractivity contribution is 0.0263. The van der Waals surface area contributed by atoms with Crippen molar-refractivity contribution in [3.63, 3.8) is 0 Å². The summed E-state index contributed by atoms with van der Waals surface area (Å²) >= 11 is 3.35. The van der Waals surface area contributed by atoms with Crippen LogP contribution in [0.4, 0.5) is 4.79 Å². The van der Waals surface area contributed by atoms with Crippen LogP contribution in [-0.2, 0) is 9.47 Å². The van der Waals surface area contributed by atoms with E-state index in [4.69, 9.17) is 14.2 Å². The number of nitrogens with zero attached hydrogens (tertiary/aromatic N) is 1. The Kier molecular flexibility index (Phi) is 7.23. The van der Waals surface area contributed by atoms with Gasteiger partial charge < -0.3 is 19.1 Å². The summed E-state index contributed by atoms with van der Waals surface area (Å²) in [5, 5.41) is 0. The van der Waals surface area contributed by atoms with E-state index in [9.17, 15) is 14.4 Å². The van der Waals surface area contributed by atoms with Crippen LogP contribution < -0.4 is 4.74 Å². The SMILES string of the molecule is COC(=O)c1ccc(Br)c(OCC2=CCN(C(=O)OC(C)(C)C)CC2)c1C=O. The zero-order valence-electron chi connectivity index (χ0n) is 16.4. The molecule has 0 fully saturated rings. The molecule has 0 bridgehead atoms. The topological polar surface area (TPSA) is 82.1 Å². The fourth-order valence-electron chi connectivity index (χ4n) is 2.62. The first-order valence-electron chi connectivity index (χ1n) is 8.81. The molecule has 0 saturated heterocycles. The molecule has 1 aliphatic rings. The van der Waals surface area contributed by atoms with E-state index in [1.54, 1.807) is 11.0 Å². The van der Waals surface area contributed by atoms with E-state index in [1.165, 1.54) is 13.2 Å². The van der Waals surface area contributed by atoms with Crippen LogP contribution in [0.3, 0.4) is 0 Å². The standard InChI is InChI=1S/C20H24BrNO6/c1-20(2,3)28-19(25)22-9-7-13(8-10-22)12-27-17-15(11-23)14(18(24)26-4)5-6-16(17)21/h5-7,11H,8-10,12H2,1-4H3. The molecule has 0 unspecified atom stereocenters. The van der Waals surface area contributed by atoms with Crippen molar-refractivity contribution in [2.45, 2.75) is 32.8 Å². The zero-order valence-corrected chi connectivity index (χ0v) is 18.0. The number of aldehydes is 1. The maximum atomic E-state index is 12.1. The number of hydrogen-bond acceptors (Lipinski definition) is 6. The highest BCUT2D eigenvalue weighted by Gasteiger charge is 2.24. The van der Waals surface area contributed by atoms with Crippen LogP contribution >= 0.6 is 15.9 Å². The molecule has 28 heavy (non-hydrogen) atoms. The molecule has 152 valence electrons. The Labute approximate surface area is 172 Å². The van der Waals surface area contributed by atoms with E-state index in [1.807, 2.05) is 26.8 Å². The van der Waals surface area contributed by atoms with Crippen LogP contribution in [0.5, 0.6) is 5.75 Å². The number of benzene rings is 1. The number of ether oxygens (including phenoxy) is 3. The molecule has 0 N–H and O–H groups in total. The summed E-state index contributed by atoms with van der Waals surface area (Å²) in [4.78, 5) is 37.1. The molecule has 1 amide bonds. The normalized spacial score (nSPS) is 14.2. The summed E-state index contributed by atoms with van der Waals surface area (Å²) in [6, 6.07) is 3.14. The summed E-state index contributed by atoms with van der Waals surface area (Å²) in [5.41, 5.74) is 0.733. The van der Waals surface area contributed by atoms with E-state index >= 15 is 0 Å². The molecule has 8 heteroatoms. The first-order chi connectivity index (χ1) is 13.2. The summed E-state index contributed by atoms with van der Waals surface area (Å²) < 4.78 is 16.5. The largest absolute Gasteiger partial charge is 0.487 e. The summed E-state index contributed by atoms with van der Waals surface area (Å²) in [7, 11) is 1.25. The number of carbonyl (C=O) groups excluding carboxylic acids is 3. The molecule has 0 aliphatic carbocycles. The van der Waals surface area contributed by atoms with E-state index in [2.05, 4.69) is 15.9 Å². The van der Waals surface area contributed by atoms with Gasteiger partial charge in [0.05, 0.1) is 22.7 Å². The highest BCUT2D eigenvalue weighted by molar-refractivity contribution is 9.10. The van der Waals surface area contributed by atoms with Crippen LogP contribution in [0, 0.1) is 0 Å². The van der Waals surface area contributed by atoms with Crippen molar-refractivity contribution in [3.05, 3.63) is 39.4 Å². The van der Waals surface area contributed by atoms with Crippen molar-refractivity contribution in [2.24, 2.45) is 0 Å². The van der Waals surface area contributed by atoms with Crippen molar-refractivity contribution >= 4 is 34.3 Å². The highest BCUT2D eigenvalue weighted by Crippen LogP contribution is 2.32. The lowest BCUT2D eigenvalue weighted by Crippen LogP contribution is -2.39. The molecule has 7 nitrogen and oxygen atoms in total. The Hall–Kier alpha value is -2.35. The van der Waals surface area contributed by atoms with E-state index in [-0.39, 0.29) is 29.6 Å². The zero-order chi connectivity index (χ0) is 20.9. The van der Waals surface area contributed by atoms with Gasteiger partial charge in [-0.1, -0.05) is 6.08 Å². The molecule has 1 heterocycles. The molecular weight excluding hydrogens is 430 g/mol. The van der Waals surface area contributed by atoms with Crippen LogP contribution in [-0.4, -0.2) is 55.7 Å². The fraction of sp³-hybridized carbons (Fsp3) is 0.450. The molecule has 2 rings (SSSR count). The van der Waals surface area contributed by atoms with Crippen molar-refractivity contribution in [3.8, 4) is 5.75 Å². The molecule has 0 aromatic heterocycles. The fourth-order valence-corrected chi connectivity index (χ4v) is 3.08. The minimum atomic E-state index is -0.607. The van der Waals surface area contributed by atoms with E-state index in [0.29, 0.717) is 30.3 Å². The van der Waals surface area contributed by atoms with Gasteiger partial charge in [-0.15, -0.1) is 0 Å². The van der Waals surface area contributed by atoms with Gasteiger partial charge in [0.1, 0.15) is 18.0 Å². The summed E-state index contributed by atoms with van der Waals surface area (Å²) in [5.74, 6) is -0.322.